The molecule has 2 atom stereocenters. The van der Waals surface area contributed by atoms with Crippen LogP contribution in [-0.2, 0) is 4.74 Å². The highest BCUT2D eigenvalue weighted by atomic mass is 19.1. The van der Waals surface area contributed by atoms with Crippen LogP contribution in [0.5, 0.6) is 0 Å². The molecule has 0 fully saturated rings. The molecule has 6 heteroatoms. The van der Waals surface area contributed by atoms with E-state index < -0.39 is 6.67 Å². The zero-order valence-electron chi connectivity index (χ0n) is 16.9. The van der Waals surface area contributed by atoms with Crippen molar-refractivity contribution >= 4 is 0 Å². The average molecular weight is 389 g/mol. The molecule has 0 amide bonds. The number of hydrogen-bond acceptors (Lipinski definition) is 5. The first kappa shape index (κ1) is 21.8. The Morgan fingerprint density at radius 2 is 2.11 bits per heavy atom. The number of nitrogens with one attached hydrogen (secondary N) is 3. The molecule has 0 bridgehead atoms. The van der Waals surface area contributed by atoms with Crippen LogP contribution in [0.15, 0.2) is 71.5 Å². The van der Waals surface area contributed by atoms with E-state index in [0.717, 1.165) is 42.1 Å². The van der Waals surface area contributed by atoms with Gasteiger partial charge in [-0.05, 0) is 55.9 Å². The van der Waals surface area contributed by atoms with E-state index in [4.69, 9.17) is 10.6 Å². The summed E-state index contributed by atoms with van der Waals surface area (Å²) in [6, 6.07) is 0.111. The van der Waals surface area contributed by atoms with Gasteiger partial charge in [-0.15, -0.1) is 0 Å². The van der Waals surface area contributed by atoms with Gasteiger partial charge in [0.15, 0.2) is 0 Å². The second-order valence-corrected chi connectivity index (χ2v) is 7.25. The van der Waals surface area contributed by atoms with E-state index in [2.05, 4.69) is 54.7 Å². The van der Waals surface area contributed by atoms with Crippen molar-refractivity contribution in [2.75, 3.05) is 19.8 Å². The largest absolute Gasteiger partial charge is 0.493 e. The lowest BCUT2D eigenvalue weighted by Crippen LogP contribution is -2.36. The molecule has 0 spiro atoms. The zero-order valence-corrected chi connectivity index (χ0v) is 16.9. The highest BCUT2D eigenvalue weighted by Crippen LogP contribution is 2.23. The molecule has 5 N–H and O–H groups in total. The summed E-state index contributed by atoms with van der Waals surface area (Å²) in [4.78, 5) is 0. The Labute approximate surface area is 167 Å². The number of alkyl halides is 1. The van der Waals surface area contributed by atoms with Crippen molar-refractivity contribution in [2.45, 2.75) is 39.2 Å². The van der Waals surface area contributed by atoms with Crippen molar-refractivity contribution in [1.29, 1.82) is 0 Å². The van der Waals surface area contributed by atoms with E-state index in [1.54, 1.807) is 0 Å². The van der Waals surface area contributed by atoms with Crippen LogP contribution >= 0.6 is 0 Å². The molecule has 5 nitrogen and oxygen atoms in total. The van der Waals surface area contributed by atoms with Crippen LogP contribution in [0.25, 0.3) is 0 Å². The lowest BCUT2D eigenvalue weighted by atomic mass is 9.95. The molecule has 0 aromatic carbocycles. The van der Waals surface area contributed by atoms with Crippen molar-refractivity contribution in [3.63, 3.8) is 0 Å². The fraction of sp³-hybridized carbons (Fsp3) is 0.455. The molecule has 0 saturated heterocycles. The van der Waals surface area contributed by atoms with E-state index in [1.807, 2.05) is 18.2 Å². The Kier molecular flexibility index (Phi) is 8.88. The lowest BCUT2D eigenvalue weighted by Gasteiger charge is -2.25. The van der Waals surface area contributed by atoms with Crippen molar-refractivity contribution in [3.8, 4) is 0 Å². The van der Waals surface area contributed by atoms with Crippen LogP contribution in [-0.4, -0.2) is 25.9 Å². The number of nitrogens with two attached hydrogens (primary N) is 1. The van der Waals surface area contributed by atoms with Crippen molar-refractivity contribution in [2.24, 2.45) is 11.8 Å². The average Bonchev–Trinajstić information content (AvgIpc) is 2.91. The Morgan fingerprint density at radius 3 is 2.79 bits per heavy atom. The normalized spacial score (nSPS) is 18.4. The third-order valence-electron chi connectivity index (χ3n) is 4.71. The second kappa shape index (κ2) is 11.4. The van der Waals surface area contributed by atoms with E-state index in [-0.39, 0.29) is 12.6 Å². The van der Waals surface area contributed by atoms with Crippen LogP contribution in [0.2, 0.25) is 0 Å². The number of halogens is 1. The van der Waals surface area contributed by atoms with Gasteiger partial charge >= 0.3 is 0 Å². The smallest absolute Gasteiger partial charge is 0.123 e. The maximum atomic E-state index is 12.2. The van der Waals surface area contributed by atoms with Gasteiger partial charge in [0.25, 0.3) is 0 Å². The van der Waals surface area contributed by atoms with Gasteiger partial charge in [0.2, 0.25) is 0 Å². The Hall–Kier alpha value is -2.47. The monoisotopic (exact) mass is 388 g/mol. The molecular weight excluding hydrogens is 355 g/mol. The molecule has 1 heterocycles. The maximum absolute atomic E-state index is 12.2. The Morgan fingerprint density at radius 1 is 1.32 bits per heavy atom. The summed E-state index contributed by atoms with van der Waals surface area (Å²) in [5.74, 6) is 6.84. The number of allylic oxidation sites excluding steroid dienone is 8. The first-order valence-corrected chi connectivity index (χ1v) is 9.84. The quantitative estimate of drug-likeness (QED) is 0.322. The van der Waals surface area contributed by atoms with Gasteiger partial charge in [-0.3, -0.25) is 5.84 Å². The molecule has 0 aromatic rings. The van der Waals surface area contributed by atoms with Crippen molar-refractivity contribution < 1.29 is 9.13 Å². The first-order chi connectivity index (χ1) is 13.5. The summed E-state index contributed by atoms with van der Waals surface area (Å²) in [7, 11) is 0. The number of rotatable bonds is 11. The highest BCUT2D eigenvalue weighted by Gasteiger charge is 2.15. The number of hydrazine groups is 1. The minimum atomic E-state index is -0.476. The lowest BCUT2D eigenvalue weighted by molar-refractivity contribution is 0.181. The predicted octanol–water partition coefficient (Wildman–Crippen LogP) is 3.49. The molecule has 2 aliphatic rings. The third kappa shape index (κ3) is 6.93. The van der Waals surface area contributed by atoms with Crippen molar-refractivity contribution in [1.82, 2.24) is 16.1 Å². The molecule has 1 aliphatic carbocycles. The fourth-order valence-corrected chi connectivity index (χ4v) is 3.36. The van der Waals surface area contributed by atoms with E-state index in [1.165, 1.54) is 5.57 Å². The number of hydrogen-bond donors (Lipinski definition) is 4. The molecular formula is C22H33FN4O. The van der Waals surface area contributed by atoms with Gasteiger partial charge < -0.3 is 20.8 Å². The van der Waals surface area contributed by atoms with Gasteiger partial charge in [-0.25, -0.2) is 4.39 Å². The first-order valence-electron chi connectivity index (χ1n) is 9.84. The molecule has 2 rings (SSSR count). The Balaban J connectivity index is 1.84. The van der Waals surface area contributed by atoms with Gasteiger partial charge in [-0.1, -0.05) is 31.7 Å². The topological polar surface area (TPSA) is 71.3 Å². The number of ether oxygens (including phenoxy) is 1. The molecule has 28 heavy (non-hydrogen) atoms. The van der Waals surface area contributed by atoms with Gasteiger partial charge in [0, 0.05) is 11.4 Å². The molecule has 0 radical (unpaired) electrons. The third-order valence-corrected chi connectivity index (χ3v) is 4.71. The second-order valence-electron chi connectivity index (χ2n) is 7.25. The van der Waals surface area contributed by atoms with Crippen LogP contribution in [0.4, 0.5) is 4.39 Å². The summed E-state index contributed by atoms with van der Waals surface area (Å²) in [5, 5.41) is 6.79. The van der Waals surface area contributed by atoms with E-state index >= 15 is 0 Å². The zero-order chi connectivity index (χ0) is 20.4. The van der Waals surface area contributed by atoms with Gasteiger partial charge in [0.1, 0.15) is 19.0 Å². The van der Waals surface area contributed by atoms with Gasteiger partial charge in [-0.2, -0.15) is 0 Å². The molecule has 0 aromatic heterocycles. The SMILES string of the molecule is C=C(CC(C)CC1=C(NN)C=CCC=C1)NC(C)C1=CC=C(OCCF)CN1. The fourth-order valence-electron chi connectivity index (χ4n) is 3.36. The molecule has 0 saturated carbocycles. The van der Waals surface area contributed by atoms with E-state index in [0.29, 0.717) is 12.5 Å². The maximum Gasteiger partial charge on any atom is 0.123 e. The standard InChI is InChI=1S/C22H33FN4O/c1-16(14-19-7-5-4-6-8-22(19)27-24)13-17(2)26-18(3)21-10-9-20(15-25-21)28-12-11-23/h5-10,16,18,25-27H,2,4,11-15,24H2,1,3H3. The highest BCUT2D eigenvalue weighted by molar-refractivity contribution is 5.34. The summed E-state index contributed by atoms with van der Waals surface area (Å²) in [5.41, 5.74) is 7.05. The molecule has 1 aliphatic heterocycles. The summed E-state index contributed by atoms with van der Waals surface area (Å²) < 4.78 is 17.5. The van der Waals surface area contributed by atoms with Crippen LogP contribution in [0, 0.1) is 5.92 Å². The van der Waals surface area contributed by atoms with E-state index in [9.17, 15) is 4.39 Å². The minimum absolute atomic E-state index is 0.0992. The summed E-state index contributed by atoms with van der Waals surface area (Å²) >= 11 is 0. The molecule has 2 unspecified atom stereocenters. The van der Waals surface area contributed by atoms with Crippen LogP contribution in [0.3, 0.4) is 0 Å². The Bertz CT molecular complexity index is 691. The summed E-state index contributed by atoms with van der Waals surface area (Å²) in [6.45, 7) is 8.70. The van der Waals surface area contributed by atoms with Crippen LogP contribution in [0.1, 0.15) is 33.1 Å². The van der Waals surface area contributed by atoms with Crippen LogP contribution < -0.4 is 21.9 Å². The number of dihydropyridines is 1. The summed E-state index contributed by atoms with van der Waals surface area (Å²) in [6.07, 6.45) is 15.0. The van der Waals surface area contributed by atoms with Crippen molar-refractivity contribution in [3.05, 3.63) is 71.5 Å². The molecule has 154 valence electrons. The van der Waals surface area contributed by atoms with Gasteiger partial charge in [0.05, 0.1) is 18.3 Å². The predicted molar refractivity (Wildman–Crippen MR) is 113 cm³/mol. The minimum Gasteiger partial charge on any atom is -0.493 e.